The van der Waals surface area contributed by atoms with Crippen molar-refractivity contribution in [3.63, 3.8) is 0 Å². The first-order chi connectivity index (χ1) is 31.3. The molecule has 0 unspecified atom stereocenters. The second-order valence-electron chi connectivity index (χ2n) is 19.2. The van der Waals surface area contributed by atoms with Crippen molar-refractivity contribution in [2.24, 2.45) is 0 Å². The van der Waals surface area contributed by atoms with Gasteiger partial charge in [0.25, 0.3) is 0 Å². The Balaban J connectivity index is 1.13. The highest BCUT2D eigenvalue weighted by molar-refractivity contribution is 7.23. The van der Waals surface area contributed by atoms with E-state index in [2.05, 4.69) is 245 Å². The van der Waals surface area contributed by atoms with Crippen molar-refractivity contribution < 1.29 is 0 Å². The molecule has 2 heteroatoms. The summed E-state index contributed by atoms with van der Waals surface area (Å²) in [6.07, 6.45) is 0. The van der Waals surface area contributed by atoms with E-state index in [9.17, 15) is 0 Å². The molecule has 10 aromatic rings. The van der Waals surface area contributed by atoms with E-state index >= 15 is 0 Å². The van der Waals surface area contributed by atoms with E-state index in [4.69, 9.17) is 0 Å². The van der Waals surface area contributed by atoms with E-state index in [0.29, 0.717) is 0 Å². The summed E-state index contributed by atoms with van der Waals surface area (Å²) >= 11 is 0. The van der Waals surface area contributed by atoms with E-state index in [1.807, 2.05) is 0 Å². The fraction of sp³-hybridized carbons (Fsp3) is 0.0968. The zero-order valence-corrected chi connectivity index (χ0v) is 37.7. The van der Waals surface area contributed by atoms with Gasteiger partial charge in [0, 0.05) is 27.8 Å². The normalized spacial score (nSPS) is 15.2. The summed E-state index contributed by atoms with van der Waals surface area (Å²) in [6.45, 7) is 9.56. The van der Waals surface area contributed by atoms with Crippen molar-refractivity contribution in [1.29, 1.82) is 0 Å². The number of hydrogen-bond donors (Lipinski definition) is 0. The van der Waals surface area contributed by atoms with Gasteiger partial charge in [-0.15, -0.1) is 0 Å². The zero-order valence-electron chi connectivity index (χ0n) is 36.7. The lowest BCUT2D eigenvalue weighted by Gasteiger charge is -2.35. The van der Waals surface area contributed by atoms with Gasteiger partial charge in [-0.25, -0.2) is 0 Å². The molecule has 13 rings (SSSR count). The zero-order chi connectivity index (χ0) is 43.0. The third-order valence-electron chi connectivity index (χ3n) is 15.3. The van der Waals surface area contributed by atoms with Crippen LogP contribution in [0.2, 0.25) is 0 Å². The quantitative estimate of drug-likeness (QED) is 0.123. The van der Waals surface area contributed by atoms with Crippen LogP contribution in [-0.4, -0.2) is 8.07 Å². The first kappa shape index (κ1) is 37.3. The van der Waals surface area contributed by atoms with Crippen LogP contribution in [0.1, 0.15) is 49.9 Å². The summed E-state index contributed by atoms with van der Waals surface area (Å²) in [5.41, 5.74) is 16.8. The fourth-order valence-corrected chi connectivity index (χ4v) is 17.9. The van der Waals surface area contributed by atoms with Crippen LogP contribution in [0, 0.1) is 0 Å². The van der Waals surface area contributed by atoms with Gasteiger partial charge in [-0.2, -0.15) is 0 Å². The first-order valence-corrected chi connectivity index (χ1v) is 24.8. The minimum atomic E-state index is -3.00. The first-order valence-electron chi connectivity index (χ1n) is 22.8. The molecule has 0 aromatic heterocycles. The van der Waals surface area contributed by atoms with Crippen LogP contribution in [0.15, 0.2) is 212 Å². The van der Waals surface area contributed by atoms with E-state index in [0.717, 1.165) is 0 Å². The second kappa shape index (κ2) is 13.4. The predicted molar refractivity (Wildman–Crippen MR) is 274 cm³/mol. The van der Waals surface area contributed by atoms with Gasteiger partial charge in [-0.3, -0.25) is 0 Å². The lowest BCUT2D eigenvalue weighted by Crippen LogP contribution is -2.73. The molecular weight excluding hydrogens is 787 g/mol. The van der Waals surface area contributed by atoms with Crippen molar-refractivity contribution >= 4 is 67.4 Å². The Morgan fingerprint density at radius 2 is 0.875 bits per heavy atom. The summed E-state index contributed by atoms with van der Waals surface area (Å²) in [5, 5.41) is 11.0. The Morgan fingerprint density at radius 1 is 0.344 bits per heavy atom. The highest BCUT2D eigenvalue weighted by Gasteiger charge is 2.50. The van der Waals surface area contributed by atoms with Gasteiger partial charge in [-0.05, 0) is 123 Å². The van der Waals surface area contributed by atoms with Crippen LogP contribution in [0.25, 0.3) is 54.9 Å². The van der Waals surface area contributed by atoms with Crippen LogP contribution in [0.5, 0.6) is 0 Å². The molecule has 304 valence electrons. The Labute approximate surface area is 377 Å². The number of hydrogen-bond acceptors (Lipinski definition) is 1. The molecule has 2 aliphatic carbocycles. The average Bonchev–Trinajstić information content (AvgIpc) is 3.87. The predicted octanol–water partition coefficient (Wildman–Crippen LogP) is 13.4. The summed E-state index contributed by atoms with van der Waals surface area (Å²) in [7, 11) is -3.00. The molecule has 0 N–H and O–H groups in total. The van der Waals surface area contributed by atoms with Gasteiger partial charge >= 0.3 is 0 Å². The second-order valence-corrected chi connectivity index (χ2v) is 22.9. The van der Waals surface area contributed by atoms with Gasteiger partial charge in [0.1, 0.15) is 0 Å². The molecule has 0 saturated carbocycles. The van der Waals surface area contributed by atoms with E-state index in [1.165, 1.54) is 115 Å². The van der Waals surface area contributed by atoms with Crippen molar-refractivity contribution in [2.75, 3.05) is 4.90 Å². The molecule has 10 aromatic carbocycles. The van der Waals surface area contributed by atoms with Crippen LogP contribution < -0.4 is 25.6 Å². The fourth-order valence-electron chi connectivity index (χ4n) is 12.4. The molecular formula is C62H47NSi. The van der Waals surface area contributed by atoms with Crippen molar-refractivity contribution in [2.45, 2.75) is 38.5 Å². The lowest BCUT2D eigenvalue weighted by atomic mass is 9.82. The van der Waals surface area contributed by atoms with Crippen LogP contribution in [0.4, 0.5) is 17.1 Å². The Morgan fingerprint density at radius 3 is 1.62 bits per heavy atom. The lowest BCUT2D eigenvalue weighted by molar-refractivity contribution is 0.660. The Kier molecular flexibility index (Phi) is 7.80. The molecule has 0 radical (unpaired) electrons. The minimum Gasteiger partial charge on any atom is -0.310 e. The van der Waals surface area contributed by atoms with Crippen molar-refractivity contribution in [1.82, 2.24) is 0 Å². The van der Waals surface area contributed by atoms with Gasteiger partial charge in [0.2, 0.25) is 0 Å². The number of benzene rings is 10. The topological polar surface area (TPSA) is 3.24 Å². The summed E-state index contributed by atoms with van der Waals surface area (Å²) in [4.78, 5) is 2.59. The average molecular weight is 834 g/mol. The van der Waals surface area contributed by atoms with E-state index in [-0.39, 0.29) is 10.8 Å². The standard InChI is InChI=1S/C62H47NSi/c1-61(2)53-30-14-10-28-51(53)60-54(61)31-18-32-56(60)63(42-35-36-47-46-24-9-13-29-52(46)62(3,4)55(47)39-42)41-20-17-21-43(38-41)64(57-33-15-11-26-49(57)50-27-12-16-34-58(50)64)59-37-40-19-5-6-22-44(40)45-23-7-8-25-48(45)59/h5-39H,1-4H3. The number of rotatable bonds is 5. The third-order valence-corrected chi connectivity index (χ3v) is 20.2. The molecule has 3 aliphatic rings. The monoisotopic (exact) mass is 833 g/mol. The smallest absolute Gasteiger partial charge is 0.181 e. The Bertz CT molecular complexity index is 3550. The van der Waals surface area contributed by atoms with E-state index < -0.39 is 8.07 Å². The molecule has 0 amide bonds. The molecule has 0 bridgehead atoms. The van der Waals surface area contributed by atoms with Crippen molar-refractivity contribution in [3.05, 3.63) is 235 Å². The van der Waals surface area contributed by atoms with E-state index in [1.54, 1.807) is 0 Å². The van der Waals surface area contributed by atoms with Gasteiger partial charge < -0.3 is 4.90 Å². The molecule has 1 nitrogen and oxygen atoms in total. The van der Waals surface area contributed by atoms with Gasteiger partial charge in [-0.1, -0.05) is 210 Å². The molecule has 1 heterocycles. The summed E-state index contributed by atoms with van der Waals surface area (Å²) in [5.74, 6) is 0. The van der Waals surface area contributed by atoms with Crippen LogP contribution in [0.3, 0.4) is 0 Å². The van der Waals surface area contributed by atoms with Crippen LogP contribution in [-0.2, 0) is 10.8 Å². The molecule has 0 atom stereocenters. The summed E-state index contributed by atoms with van der Waals surface area (Å²) < 4.78 is 0. The molecule has 64 heavy (non-hydrogen) atoms. The number of fused-ring (bicyclic) bond motifs is 12. The number of anilines is 3. The minimum absolute atomic E-state index is 0.137. The maximum absolute atomic E-state index is 3.00. The van der Waals surface area contributed by atoms with Gasteiger partial charge in [0.05, 0.1) is 5.69 Å². The third kappa shape index (κ3) is 4.89. The molecule has 1 aliphatic heterocycles. The van der Waals surface area contributed by atoms with Crippen LogP contribution >= 0.6 is 0 Å². The van der Waals surface area contributed by atoms with Gasteiger partial charge in [0.15, 0.2) is 8.07 Å². The number of nitrogens with zero attached hydrogens (tertiary/aromatic N) is 1. The Hall–Kier alpha value is -7.26. The summed E-state index contributed by atoms with van der Waals surface area (Å²) in [6, 6.07) is 81.3. The maximum Gasteiger partial charge on any atom is 0.181 e. The highest BCUT2D eigenvalue weighted by atomic mass is 28.3. The molecule has 0 spiro atoms. The molecule has 0 saturated heterocycles. The largest absolute Gasteiger partial charge is 0.310 e. The highest BCUT2D eigenvalue weighted by Crippen LogP contribution is 2.55. The molecule has 0 fully saturated rings. The van der Waals surface area contributed by atoms with Crippen molar-refractivity contribution in [3.8, 4) is 33.4 Å². The SMILES string of the molecule is CC1(C)c2ccccc2-c2ccc(N(c3cccc([Si]4(c5cc6ccccc6c6ccccc56)c5ccccc5-c5ccccc54)c3)c3cccc4c3-c3ccccc3C4(C)C)cc21. The maximum atomic E-state index is 2.59.